The summed E-state index contributed by atoms with van der Waals surface area (Å²) in [4.78, 5) is 12.0. The summed E-state index contributed by atoms with van der Waals surface area (Å²) in [5.74, 6) is 0.345. The molecular weight excluding hydrogens is 204 g/mol. The number of aliphatic hydroxyl groups excluding tert-OH is 1. The van der Waals surface area contributed by atoms with Crippen molar-refractivity contribution in [2.24, 2.45) is 11.3 Å². The van der Waals surface area contributed by atoms with Crippen molar-refractivity contribution in [2.45, 2.75) is 38.7 Å². The van der Waals surface area contributed by atoms with Crippen molar-refractivity contribution in [3.8, 4) is 0 Å². The molecule has 4 nitrogen and oxygen atoms in total. The molecule has 1 heterocycles. The van der Waals surface area contributed by atoms with Gasteiger partial charge in [0.15, 0.2) is 0 Å². The molecule has 2 rings (SSSR count). The maximum absolute atomic E-state index is 12.0. The molecule has 4 heteroatoms. The highest BCUT2D eigenvalue weighted by atomic mass is 16.3. The van der Waals surface area contributed by atoms with Gasteiger partial charge in [-0.05, 0) is 12.8 Å². The number of aliphatic hydroxyl groups is 1. The minimum Gasteiger partial charge on any atom is -0.391 e. The third-order valence-electron chi connectivity index (χ3n) is 4.08. The Balaban J connectivity index is 1.79. The van der Waals surface area contributed by atoms with Gasteiger partial charge in [-0.25, -0.2) is 0 Å². The minimum absolute atomic E-state index is 0.156. The van der Waals surface area contributed by atoms with E-state index in [4.69, 9.17) is 0 Å². The first-order chi connectivity index (χ1) is 7.62. The van der Waals surface area contributed by atoms with Crippen LogP contribution in [0.5, 0.6) is 0 Å². The van der Waals surface area contributed by atoms with Crippen LogP contribution >= 0.6 is 0 Å². The maximum atomic E-state index is 12.0. The third kappa shape index (κ3) is 2.38. The SMILES string of the molecule is CC1(C(=O)NCC2CNCC2O)CCCC1. The Bertz CT molecular complexity index is 262. The van der Waals surface area contributed by atoms with Gasteiger partial charge in [-0.3, -0.25) is 4.79 Å². The van der Waals surface area contributed by atoms with Crippen molar-refractivity contribution in [1.82, 2.24) is 10.6 Å². The van der Waals surface area contributed by atoms with Gasteiger partial charge in [0.2, 0.25) is 5.91 Å². The number of nitrogens with one attached hydrogen (secondary N) is 2. The molecule has 1 aliphatic carbocycles. The number of carbonyl (C=O) groups excluding carboxylic acids is 1. The molecule has 0 radical (unpaired) electrons. The average molecular weight is 226 g/mol. The number of hydrogen-bond donors (Lipinski definition) is 3. The number of hydrogen-bond acceptors (Lipinski definition) is 3. The zero-order valence-corrected chi connectivity index (χ0v) is 9.96. The molecule has 0 spiro atoms. The smallest absolute Gasteiger partial charge is 0.225 e. The lowest BCUT2D eigenvalue weighted by molar-refractivity contribution is -0.130. The zero-order valence-electron chi connectivity index (χ0n) is 9.96. The van der Waals surface area contributed by atoms with Gasteiger partial charge in [-0.15, -0.1) is 0 Å². The van der Waals surface area contributed by atoms with E-state index in [1.807, 2.05) is 0 Å². The van der Waals surface area contributed by atoms with Crippen molar-refractivity contribution in [1.29, 1.82) is 0 Å². The first-order valence-electron chi connectivity index (χ1n) is 6.29. The summed E-state index contributed by atoms with van der Waals surface area (Å²) in [6, 6.07) is 0. The molecule has 2 aliphatic rings. The van der Waals surface area contributed by atoms with Gasteiger partial charge in [0.25, 0.3) is 0 Å². The zero-order chi connectivity index (χ0) is 11.6. The van der Waals surface area contributed by atoms with Gasteiger partial charge < -0.3 is 15.7 Å². The van der Waals surface area contributed by atoms with Crippen LogP contribution in [0.25, 0.3) is 0 Å². The molecule has 0 aromatic heterocycles. The summed E-state index contributed by atoms with van der Waals surface area (Å²) in [7, 11) is 0. The van der Waals surface area contributed by atoms with Gasteiger partial charge >= 0.3 is 0 Å². The Kier molecular flexibility index (Phi) is 3.50. The summed E-state index contributed by atoms with van der Waals surface area (Å²) >= 11 is 0. The largest absolute Gasteiger partial charge is 0.391 e. The van der Waals surface area contributed by atoms with Crippen LogP contribution in [0.15, 0.2) is 0 Å². The summed E-state index contributed by atoms with van der Waals surface area (Å²) in [5, 5.41) is 15.7. The van der Waals surface area contributed by atoms with E-state index < -0.39 is 0 Å². The van der Waals surface area contributed by atoms with E-state index >= 15 is 0 Å². The predicted octanol–water partition coefficient (Wildman–Crippen LogP) is 0.263. The molecular formula is C12H22N2O2. The molecule has 2 unspecified atom stereocenters. The Hall–Kier alpha value is -0.610. The van der Waals surface area contributed by atoms with Gasteiger partial charge in [0.05, 0.1) is 6.10 Å². The molecule has 1 saturated carbocycles. The van der Waals surface area contributed by atoms with Crippen LogP contribution < -0.4 is 10.6 Å². The second kappa shape index (κ2) is 4.72. The third-order valence-corrected chi connectivity index (χ3v) is 4.08. The molecule has 3 N–H and O–H groups in total. The molecule has 0 bridgehead atoms. The van der Waals surface area contributed by atoms with Crippen LogP contribution in [-0.4, -0.2) is 36.8 Å². The fourth-order valence-electron chi connectivity index (χ4n) is 2.75. The van der Waals surface area contributed by atoms with E-state index in [2.05, 4.69) is 17.6 Å². The standard InChI is InChI=1S/C12H22N2O2/c1-12(4-2-3-5-12)11(16)14-7-9-6-13-8-10(9)15/h9-10,13,15H,2-8H2,1H3,(H,14,16). The monoisotopic (exact) mass is 226 g/mol. The predicted molar refractivity (Wildman–Crippen MR) is 62.0 cm³/mol. The summed E-state index contributed by atoms with van der Waals surface area (Å²) < 4.78 is 0. The molecule has 1 amide bonds. The Labute approximate surface area is 96.8 Å². The normalized spacial score (nSPS) is 32.9. The second-order valence-electron chi connectivity index (χ2n) is 5.46. The van der Waals surface area contributed by atoms with Gasteiger partial charge in [0.1, 0.15) is 0 Å². The van der Waals surface area contributed by atoms with Crippen LogP contribution in [0.3, 0.4) is 0 Å². The van der Waals surface area contributed by atoms with E-state index in [9.17, 15) is 9.90 Å². The highest BCUT2D eigenvalue weighted by Crippen LogP contribution is 2.37. The van der Waals surface area contributed by atoms with E-state index in [1.165, 1.54) is 0 Å². The Morgan fingerprint density at radius 3 is 2.69 bits per heavy atom. The molecule has 1 saturated heterocycles. The summed E-state index contributed by atoms with van der Waals surface area (Å²) in [5.41, 5.74) is -0.156. The Morgan fingerprint density at radius 2 is 2.12 bits per heavy atom. The first kappa shape index (κ1) is 11.9. The highest BCUT2D eigenvalue weighted by molar-refractivity contribution is 5.82. The number of amides is 1. The lowest BCUT2D eigenvalue weighted by Gasteiger charge is -2.24. The van der Waals surface area contributed by atoms with Crippen LogP contribution in [0.2, 0.25) is 0 Å². The molecule has 0 aromatic rings. The molecule has 16 heavy (non-hydrogen) atoms. The van der Waals surface area contributed by atoms with Crippen LogP contribution in [-0.2, 0) is 4.79 Å². The lowest BCUT2D eigenvalue weighted by Crippen LogP contribution is -2.41. The number of β-amino-alcohol motifs (C(OH)–C–C–N with tert-alkyl or cyclic N) is 1. The summed E-state index contributed by atoms with van der Waals surface area (Å²) in [6.45, 7) is 4.11. The van der Waals surface area contributed by atoms with Crippen molar-refractivity contribution in [2.75, 3.05) is 19.6 Å². The van der Waals surface area contributed by atoms with Crippen LogP contribution in [0.4, 0.5) is 0 Å². The van der Waals surface area contributed by atoms with Crippen molar-refractivity contribution in [3.63, 3.8) is 0 Å². The molecule has 92 valence electrons. The van der Waals surface area contributed by atoms with Crippen LogP contribution in [0.1, 0.15) is 32.6 Å². The average Bonchev–Trinajstić information content (AvgIpc) is 2.85. The number of rotatable bonds is 3. The molecule has 0 aromatic carbocycles. The quantitative estimate of drug-likeness (QED) is 0.647. The molecule has 1 aliphatic heterocycles. The fraction of sp³-hybridized carbons (Fsp3) is 0.917. The van der Waals surface area contributed by atoms with Crippen molar-refractivity contribution in [3.05, 3.63) is 0 Å². The molecule has 2 atom stereocenters. The molecule has 2 fully saturated rings. The second-order valence-corrected chi connectivity index (χ2v) is 5.46. The topological polar surface area (TPSA) is 61.4 Å². The summed E-state index contributed by atoms with van der Waals surface area (Å²) in [6.07, 6.45) is 4.03. The van der Waals surface area contributed by atoms with E-state index in [1.54, 1.807) is 0 Å². The van der Waals surface area contributed by atoms with Gasteiger partial charge in [-0.1, -0.05) is 19.8 Å². The van der Waals surface area contributed by atoms with Gasteiger partial charge in [0, 0.05) is 31.0 Å². The number of carbonyl (C=O) groups is 1. The lowest BCUT2D eigenvalue weighted by atomic mass is 9.87. The minimum atomic E-state index is -0.309. The van der Waals surface area contributed by atoms with Gasteiger partial charge in [-0.2, -0.15) is 0 Å². The van der Waals surface area contributed by atoms with Crippen molar-refractivity contribution >= 4 is 5.91 Å². The highest BCUT2D eigenvalue weighted by Gasteiger charge is 2.36. The maximum Gasteiger partial charge on any atom is 0.225 e. The van der Waals surface area contributed by atoms with E-state index in [-0.39, 0.29) is 23.3 Å². The van der Waals surface area contributed by atoms with Crippen molar-refractivity contribution < 1.29 is 9.90 Å². The fourth-order valence-corrected chi connectivity index (χ4v) is 2.75. The van der Waals surface area contributed by atoms with E-state index in [0.29, 0.717) is 13.1 Å². The van der Waals surface area contributed by atoms with Crippen LogP contribution in [0, 0.1) is 11.3 Å². The first-order valence-corrected chi connectivity index (χ1v) is 6.29. The Morgan fingerprint density at radius 1 is 1.44 bits per heavy atom. The van der Waals surface area contributed by atoms with E-state index in [0.717, 1.165) is 32.2 Å².